The lowest BCUT2D eigenvalue weighted by atomic mass is 10.0. The molecule has 27 heavy (non-hydrogen) atoms. The van der Waals surface area contributed by atoms with Crippen molar-refractivity contribution in [1.29, 1.82) is 0 Å². The van der Waals surface area contributed by atoms with E-state index in [1.807, 2.05) is 52.8 Å². The van der Waals surface area contributed by atoms with Crippen LogP contribution < -0.4 is 10.2 Å². The van der Waals surface area contributed by atoms with Crippen LogP contribution in [0.15, 0.2) is 42.5 Å². The summed E-state index contributed by atoms with van der Waals surface area (Å²) in [5.74, 6) is 0.0603. The number of hydrogen-bond acceptors (Lipinski definition) is 3. The lowest BCUT2D eigenvalue weighted by Crippen LogP contribution is -2.56. The lowest BCUT2D eigenvalue weighted by molar-refractivity contribution is 0.0357. The van der Waals surface area contributed by atoms with Crippen LogP contribution in [0.2, 0.25) is 0 Å². The molecule has 2 aromatic rings. The van der Waals surface area contributed by atoms with E-state index in [0.717, 1.165) is 17.5 Å². The molecule has 2 rings (SSSR count). The van der Waals surface area contributed by atoms with Gasteiger partial charge in [0, 0.05) is 16.7 Å². The Morgan fingerprint density at radius 2 is 1.67 bits per heavy atom. The number of hydrazine groups is 1. The molecule has 5 nitrogen and oxygen atoms in total. The van der Waals surface area contributed by atoms with E-state index in [2.05, 4.69) is 5.43 Å². The molecule has 0 saturated carbocycles. The molecule has 0 aliphatic carbocycles. The van der Waals surface area contributed by atoms with Crippen molar-refractivity contribution in [2.75, 3.05) is 7.11 Å². The third-order valence-corrected chi connectivity index (χ3v) is 4.46. The first-order valence-electron chi connectivity index (χ1n) is 9.07. The van der Waals surface area contributed by atoms with E-state index in [0.29, 0.717) is 16.9 Å². The summed E-state index contributed by atoms with van der Waals surface area (Å²) in [6, 6.07) is 12.8. The topological polar surface area (TPSA) is 58.6 Å². The summed E-state index contributed by atoms with van der Waals surface area (Å²) in [7, 11) is 1.57. The number of carbonyl (C=O) groups is 2. The minimum Gasteiger partial charge on any atom is -0.496 e. The van der Waals surface area contributed by atoms with Crippen molar-refractivity contribution >= 4 is 11.8 Å². The van der Waals surface area contributed by atoms with E-state index in [9.17, 15) is 9.59 Å². The number of ether oxygens (including phenoxy) is 1. The summed E-state index contributed by atoms with van der Waals surface area (Å²) >= 11 is 0. The van der Waals surface area contributed by atoms with Gasteiger partial charge in [0.1, 0.15) is 5.75 Å². The second kappa shape index (κ2) is 8.25. The molecule has 0 atom stereocenters. The molecule has 0 spiro atoms. The highest BCUT2D eigenvalue weighted by atomic mass is 16.5. The van der Waals surface area contributed by atoms with Gasteiger partial charge in [-0.3, -0.25) is 15.0 Å². The van der Waals surface area contributed by atoms with Crippen LogP contribution in [0, 0.1) is 6.92 Å². The molecule has 0 aromatic heterocycles. The van der Waals surface area contributed by atoms with Gasteiger partial charge in [0.15, 0.2) is 0 Å². The molecule has 144 valence electrons. The van der Waals surface area contributed by atoms with E-state index < -0.39 is 5.54 Å². The van der Waals surface area contributed by atoms with Gasteiger partial charge in [0.2, 0.25) is 0 Å². The largest absolute Gasteiger partial charge is 0.496 e. The van der Waals surface area contributed by atoms with Crippen LogP contribution in [-0.2, 0) is 6.42 Å². The zero-order chi connectivity index (χ0) is 20.2. The number of nitrogens with zero attached hydrogens (tertiary/aromatic N) is 1. The first-order chi connectivity index (χ1) is 12.7. The zero-order valence-electron chi connectivity index (χ0n) is 16.9. The Hall–Kier alpha value is -2.82. The fraction of sp³-hybridized carbons (Fsp3) is 0.364. The van der Waals surface area contributed by atoms with Gasteiger partial charge in [-0.15, -0.1) is 0 Å². The molecule has 0 bridgehead atoms. The van der Waals surface area contributed by atoms with Gasteiger partial charge in [-0.05, 0) is 57.9 Å². The summed E-state index contributed by atoms with van der Waals surface area (Å²) in [6.07, 6.45) is 0.739. The van der Waals surface area contributed by atoms with Crippen molar-refractivity contribution in [1.82, 2.24) is 10.4 Å². The van der Waals surface area contributed by atoms with Crippen LogP contribution in [0.25, 0.3) is 0 Å². The highest BCUT2D eigenvalue weighted by molar-refractivity contribution is 6.01. The molecule has 0 heterocycles. The Bertz CT molecular complexity index is 838. The standard InChI is InChI=1S/C22H28N2O3/c1-7-16-11-8-9-12-18(16)21(26)24(22(3,4)5)23-20(25)17-13-10-14-19(27-6)15(17)2/h8-14H,7H2,1-6H3,(H,23,25). The molecule has 0 aliphatic rings. The smallest absolute Gasteiger partial charge is 0.273 e. The number of benzene rings is 2. The van der Waals surface area contributed by atoms with E-state index in [4.69, 9.17) is 4.74 Å². The molecule has 2 amide bonds. The van der Waals surface area contributed by atoms with Gasteiger partial charge in [0.05, 0.1) is 12.6 Å². The first kappa shape index (κ1) is 20.5. The minimum atomic E-state index is -0.597. The van der Waals surface area contributed by atoms with Crippen LogP contribution >= 0.6 is 0 Å². The van der Waals surface area contributed by atoms with Crippen molar-refractivity contribution in [2.45, 2.75) is 46.6 Å². The highest BCUT2D eigenvalue weighted by Crippen LogP contribution is 2.22. The number of methoxy groups -OCH3 is 1. The maximum absolute atomic E-state index is 13.2. The Morgan fingerprint density at radius 3 is 2.26 bits per heavy atom. The molecule has 0 saturated heterocycles. The predicted octanol–water partition coefficient (Wildman–Crippen LogP) is 4.15. The first-order valence-corrected chi connectivity index (χ1v) is 9.07. The van der Waals surface area contributed by atoms with Gasteiger partial charge in [-0.25, -0.2) is 5.01 Å². The molecule has 0 fully saturated rings. The normalized spacial score (nSPS) is 11.0. The lowest BCUT2D eigenvalue weighted by Gasteiger charge is -2.36. The quantitative estimate of drug-likeness (QED) is 0.825. The zero-order valence-corrected chi connectivity index (χ0v) is 16.9. The monoisotopic (exact) mass is 368 g/mol. The van der Waals surface area contributed by atoms with Crippen molar-refractivity contribution in [2.24, 2.45) is 0 Å². The summed E-state index contributed by atoms with van der Waals surface area (Å²) in [5.41, 5.74) is 4.95. The number of carbonyl (C=O) groups excluding carboxylic acids is 2. The maximum Gasteiger partial charge on any atom is 0.273 e. The summed E-state index contributed by atoms with van der Waals surface area (Å²) in [6.45, 7) is 9.49. The Morgan fingerprint density at radius 1 is 1.04 bits per heavy atom. The van der Waals surface area contributed by atoms with Crippen molar-refractivity contribution in [3.63, 3.8) is 0 Å². The van der Waals surface area contributed by atoms with Crippen molar-refractivity contribution in [3.05, 3.63) is 64.7 Å². The van der Waals surface area contributed by atoms with Crippen molar-refractivity contribution < 1.29 is 14.3 Å². The van der Waals surface area contributed by atoms with Crippen molar-refractivity contribution in [3.8, 4) is 5.75 Å². The van der Waals surface area contributed by atoms with Crippen LogP contribution in [-0.4, -0.2) is 29.5 Å². The average molecular weight is 368 g/mol. The molecule has 0 unspecified atom stereocenters. The molecule has 0 radical (unpaired) electrons. The predicted molar refractivity (Wildman–Crippen MR) is 107 cm³/mol. The van der Waals surface area contributed by atoms with Crippen LogP contribution in [0.3, 0.4) is 0 Å². The molecule has 2 aromatic carbocycles. The van der Waals surface area contributed by atoms with Gasteiger partial charge in [-0.2, -0.15) is 0 Å². The van der Waals surface area contributed by atoms with E-state index >= 15 is 0 Å². The Balaban J connectivity index is 2.38. The number of aryl methyl sites for hydroxylation is 1. The second-order valence-corrected chi connectivity index (χ2v) is 7.40. The number of amides is 2. The number of hydrogen-bond donors (Lipinski definition) is 1. The maximum atomic E-state index is 13.2. The van der Waals surface area contributed by atoms with Gasteiger partial charge < -0.3 is 4.74 Å². The molecule has 0 aliphatic heterocycles. The third-order valence-electron chi connectivity index (χ3n) is 4.46. The fourth-order valence-electron chi connectivity index (χ4n) is 2.92. The molecule has 1 N–H and O–H groups in total. The minimum absolute atomic E-state index is 0.228. The van der Waals surface area contributed by atoms with E-state index in [1.165, 1.54) is 5.01 Å². The molecular formula is C22H28N2O3. The SMILES string of the molecule is CCc1ccccc1C(=O)N(NC(=O)c1cccc(OC)c1C)C(C)(C)C. The van der Waals surface area contributed by atoms with Crippen LogP contribution in [0.4, 0.5) is 0 Å². The van der Waals surface area contributed by atoms with Gasteiger partial charge >= 0.3 is 0 Å². The summed E-state index contributed by atoms with van der Waals surface area (Å²) < 4.78 is 5.29. The van der Waals surface area contributed by atoms with E-state index in [-0.39, 0.29) is 11.8 Å². The Kier molecular flexibility index (Phi) is 6.26. The number of rotatable bonds is 4. The molecule has 5 heteroatoms. The average Bonchev–Trinajstić information content (AvgIpc) is 2.64. The third kappa shape index (κ3) is 4.48. The van der Waals surface area contributed by atoms with Crippen LogP contribution in [0.5, 0.6) is 5.75 Å². The van der Waals surface area contributed by atoms with Gasteiger partial charge in [-0.1, -0.05) is 31.2 Å². The number of nitrogens with one attached hydrogen (secondary N) is 1. The van der Waals surface area contributed by atoms with Crippen LogP contribution in [0.1, 0.15) is 59.5 Å². The summed E-state index contributed by atoms with van der Waals surface area (Å²) in [4.78, 5) is 26.2. The highest BCUT2D eigenvalue weighted by Gasteiger charge is 2.31. The second-order valence-electron chi connectivity index (χ2n) is 7.40. The fourth-order valence-corrected chi connectivity index (χ4v) is 2.92. The summed E-state index contributed by atoms with van der Waals surface area (Å²) in [5, 5.41) is 1.41. The van der Waals surface area contributed by atoms with E-state index in [1.54, 1.807) is 31.4 Å². The molecular weight excluding hydrogens is 340 g/mol. The van der Waals surface area contributed by atoms with Gasteiger partial charge in [0.25, 0.3) is 11.8 Å². The Labute approximate surface area is 161 Å².